The fourth-order valence-corrected chi connectivity index (χ4v) is 3.21. The van der Waals surface area contributed by atoms with E-state index in [4.69, 9.17) is 4.74 Å². The number of imidazole rings is 1. The number of ether oxygens (including phenoxy) is 1. The highest BCUT2D eigenvalue weighted by Gasteiger charge is 2.19. The molecule has 1 aromatic heterocycles. The van der Waals surface area contributed by atoms with E-state index >= 15 is 0 Å². The lowest BCUT2D eigenvalue weighted by Gasteiger charge is -2.15. The highest BCUT2D eigenvalue weighted by molar-refractivity contribution is 5.76. The van der Waals surface area contributed by atoms with Crippen molar-refractivity contribution in [2.75, 3.05) is 6.61 Å². The Kier molecular flexibility index (Phi) is 4.90. The summed E-state index contributed by atoms with van der Waals surface area (Å²) in [5.74, 6) is 1.48. The van der Waals surface area contributed by atoms with Crippen molar-refractivity contribution in [3.8, 4) is 5.75 Å². The van der Waals surface area contributed by atoms with Crippen LogP contribution in [0.1, 0.15) is 23.1 Å². The van der Waals surface area contributed by atoms with E-state index in [1.54, 1.807) is 0 Å². The minimum Gasteiger partial charge on any atom is -0.492 e. The molecule has 0 aliphatic rings. The summed E-state index contributed by atoms with van der Waals surface area (Å²) in [5.41, 5.74) is 3.90. The maximum absolute atomic E-state index is 10.9. The molecule has 3 aromatic carbocycles. The van der Waals surface area contributed by atoms with Crippen molar-refractivity contribution in [2.24, 2.45) is 0 Å². The zero-order chi connectivity index (χ0) is 18.6. The van der Waals surface area contributed by atoms with Crippen molar-refractivity contribution in [3.63, 3.8) is 0 Å². The average Bonchev–Trinajstić information content (AvgIpc) is 3.08. The Labute approximate surface area is 158 Å². The summed E-state index contributed by atoms with van der Waals surface area (Å²) >= 11 is 0. The molecule has 0 bridgehead atoms. The standard InChI is InChI=1S/C23H22N2O2/c1-17-11-13-19(14-12-17)27-16-15-25-21-10-6-5-9-20(21)24-23(25)22(26)18-7-3-2-4-8-18/h2-14,22,26H,15-16H2,1H3/t22-/m1/s1. The van der Waals surface area contributed by atoms with Crippen molar-refractivity contribution >= 4 is 11.0 Å². The molecule has 136 valence electrons. The van der Waals surface area contributed by atoms with Gasteiger partial charge in [-0.3, -0.25) is 0 Å². The molecule has 0 unspecified atom stereocenters. The van der Waals surface area contributed by atoms with Gasteiger partial charge in [-0.15, -0.1) is 0 Å². The minimum absolute atomic E-state index is 0.498. The summed E-state index contributed by atoms with van der Waals surface area (Å²) in [6, 6.07) is 25.6. The number of nitrogens with zero attached hydrogens (tertiary/aromatic N) is 2. The van der Waals surface area contributed by atoms with Gasteiger partial charge in [-0.1, -0.05) is 60.2 Å². The second kappa shape index (κ2) is 7.64. The first-order valence-electron chi connectivity index (χ1n) is 9.10. The first-order chi connectivity index (χ1) is 13.2. The Morgan fingerprint density at radius 2 is 1.63 bits per heavy atom. The smallest absolute Gasteiger partial charge is 0.143 e. The molecule has 4 aromatic rings. The summed E-state index contributed by atoms with van der Waals surface area (Å²) < 4.78 is 7.94. The molecule has 27 heavy (non-hydrogen) atoms. The number of aliphatic hydroxyl groups is 1. The van der Waals surface area contributed by atoms with Crippen LogP contribution < -0.4 is 4.74 Å². The lowest BCUT2D eigenvalue weighted by atomic mass is 10.1. The van der Waals surface area contributed by atoms with E-state index in [9.17, 15) is 5.11 Å². The Balaban J connectivity index is 1.61. The van der Waals surface area contributed by atoms with Crippen molar-refractivity contribution in [3.05, 3.63) is 95.8 Å². The lowest BCUT2D eigenvalue weighted by Crippen LogP contribution is -2.14. The van der Waals surface area contributed by atoms with Crippen LogP contribution in [0.3, 0.4) is 0 Å². The highest BCUT2D eigenvalue weighted by Crippen LogP contribution is 2.25. The van der Waals surface area contributed by atoms with Gasteiger partial charge >= 0.3 is 0 Å². The molecular weight excluding hydrogens is 336 g/mol. The predicted octanol–water partition coefficient (Wildman–Crippen LogP) is 4.51. The molecule has 4 rings (SSSR count). The molecule has 4 nitrogen and oxygen atoms in total. The lowest BCUT2D eigenvalue weighted by molar-refractivity contribution is 0.201. The zero-order valence-corrected chi connectivity index (χ0v) is 15.2. The first kappa shape index (κ1) is 17.3. The molecule has 0 saturated heterocycles. The molecule has 0 amide bonds. The first-order valence-corrected chi connectivity index (χ1v) is 9.10. The number of benzene rings is 3. The third-order valence-electron chi connectivity index (χ3n) is 4.65. The summed E-state index contributed by atoms with van der Waals surface area (Å²) in [6.45, 7) is 3.16. The van der Waals surface area contributed by atoms with Crippen LogP contribution in [0.25, 0.3) is 11.0 Å². The second-order valence-electron chi connectivity index (χ2n) is 6.59. The number of rotatable bonds is 6. The van der Waals surface area contributed by atoms with Crippen LogP contribution in [0.15, 0.2) is 78.9 Å². The fraction of sp³-hybridized carbons (Fsp3) is 0.174. The van der Waals surface area contributed by atoms with Gasteiger partial charge in [0.1, 0.15) is 24.3 Å². The normalized spacial score (nSPS) is 12.2. The molecule has 0 aliphatic carbocycles. The van der Waals surface area contributed by atoms with Gasteiger partial charge in [-0.2, -0.15) is 0 Å². The molecule has 1 N–H and O–H groups in total. The molecule has 1 heterocycles. The molecular formula is C23H22N2O2. The van der Waals surface area contributed by atoms with Crippen molar-refractivity contribution in [1.29, 1.82) is 0 Å². The maximum Gasteiger partial charge on any atom is 0.143 e. The van der Waals surface area contributed by atoms with Crippen molar-refractivity contribution in [2.45, 2.75) is 19.6 Å². The Morgan fingerprint density at radius 1 is 0.926 bits per heavy atom. The number of fused-ring (bicyclic) bond motifs is 1. The molecule has 0 saturated carbocycles. The molecule has 0 aliphatic heterocycles. The van der Waals surface area contributed by atoms with Crippen LogP contribution in [0.2, 0.25) is 0 Å². The van der Waals surface area contributed by atoms with E-state index in [2.05, 4.69) is 11.9 Å². The molecule has 1 atom stereocenters. The number of hydrogen-bond acceptors (Lipinski definition) is 3. The molecule has 4 heteroatoms. The summed E-state index contributed by atoms with van der Waals surface area (Å²) in [6.07, 6.45) is -0.780. The van der Waals surface area contributed by atoms with Gasteiger partial charge in [0.15, 0.2) is 0 Å². The van der Waals surface area contributed by atoms with E-state index in [1.807, 2.05) is 83.4 Å². The average molecular weight is 358 g/mol. The minimum atomic E-state index is -0.780. The number of hydrogen-bond donors (Lipinski definition) is 1. The third kappa shape index (κ3) is 3.71. The Morgan fingerprint density at radius 3 is 2.41 bits per heavy atom. The van der Waals surface area contributed by atoms with Crippen LogP contribution >= 0.6 is 0 Å². The number of aryl methyl sites for hydroxylation is 1. The van der Waals surface area contributed by atoms with Gasteiger partial charge < -0.3 is 14.4 Å². The van der Waals surface area contributed by atoms with Gasteiger partial charge in [-0.25, -0.2) is 4.98 Å². The van der Waals surface area contributed by atoms with Crippen LogP contribution in [-0.2, 0) is 6.54 Å². The Bertz CT molecular complexity index is 1020. The predicted molar refractivity (Wildman–Crippen MR) is 107 cm³/mol. The van der Waals surface area contributed by atoms with Crippen LogP contribution in [0.5, 0.6) is 5.75 Å². The van der Waals surface area contributed by atoms with Gasteiger partial charge in [0.25, 0.3) is 0 Å². The quantitative estimate of drug-likeness (QED) is 0.552. The summed E-state index contributed by atoms with van der Waals surface area (Å²) in [7, 11) is 0. The van der Waals surface area contributed by atoms with Gasteiger partial charge in [-0.05, 0) is 36.8 Å². The SMILES string of the molecule is Cc1ccc(OCCn2c([C@H](O)c3ccccc3)nc3ccccc32)cc1. The molecule has 0 spiro atoms. The summed E-state index contributed by atoms with van der Waals surface area (Å²) in [4.78, 5) is 4.68. The third-order valence-corrected chi connectivity index (χ3v) is 4.65. The fourth-order valence-electron chi connectivity index (χ4n) is 3.21. The van der Waals surface area contributed by atoms with Crippen LogP contribution in [0.4, 0.5) is 0 Å². The van der Waals surface area contributed by atoms with E-state index in [1.165, 1.54) is 5.56 Å². The molecule has 0 fully saturated rings. The monoisotopic (exact) mass is 358 g/mol. The van der Waals surface area contributed by atoms with E-state index in [0.29, 0.717) is 19.0 Å². The maximum atomic E-state index is 10.9. The van der Waals surface area contributed by atoms with E-state index in [0.717, 1.165) is 22.3 Å². The van der Waals surface area contributed by atoms with Gasteiger partial charge in [0, 0.05) is 0 Å². The number of aromatic nitrogens is 2. The van der Waals surface area contributed by atoms with Crippen LogP contribution in [-0.4, -0.2) is 21.3 Å². The Hall–Kier alpha value is -3.11. The van der Waals surface area contributed by atoms with Gasteiger partial charge in [0.05, 0.1) is 17.6 Å². The number of para-hydroxylation sites is 2. The molecule has 0 radical (unpaired) electrons. The van der Waals surface area contributed by atoms with Crippen molar-refractivity contribution in [1.82, 2.24) is 9.55 Å². The van der Waals surface area contributed by atoms with E-state index in [-0.39, 0.29) is 0 Å². The largest absolute Gasteiger partial charge is 0.492 e. The second-order valence-corrected chi connectivity index (χ2v) is 6.59. The summed E-state index contributed by atoms with van der Waals surface area (Å²) in [5, 5.41) is 10.9. The van der Waals surface area contributed by atoms with Crippen molar-refractivity contribution < 1.29 is 9.84 Å². The topological polar surface area (TPSA) is 47.3 Å². The zero-order valence-electron chi connectivity index (χ0n) is 15.2. The van der Waals surface area contributed by atoms with Gasteiger partial charge in [0.2, 0.25) is 0 Å². The number of aliphatic hydroxyl groups excluding tert-OH is 1. The van der Waals surface area contributed by atoms with E-state index < -0.39 is 6.10 Å². The highest BCUT2D eigenvalue weighted by atomic mass is 16.5. The van der Waals surface area contributed by atoms with Crippen LogP contribution in [0, 0.1) is 6.92 Å².